The van der Waals surface area contributed by atoms with Crippen molar-refractivity contribution in [3.05, 3.63) is 95.6 Å². The van der Waals surface area contributed by atoms with E-state index in [0.717, 1.165) is 80.7 Å². The van der Waals surface area contributed by atoms with E-state index >= 15 is 0 Å². The quantitative estimate of drug-likeness (QED) is 0.267. The molecular weight excluding hydrogens is 532 g/mol. The largest absolute Gasteiger partial charge is 0.497 e. The van der Waals surface area contributed by atoms with E-state index in [4.69, 9.17) is 4.74 Å². The third-order valence-electron chi connectivity index (χ3n) is 8.94. The average molecular weight is 576 g/mol. The number of nitrogens with one attached hydrogen (secondary N) is 1. The molecule has 0 bridgehead atoms. The molecule has 2 aliphatic rings. The van der Waals surface area contributed by atoms with Crippen molar-refractivity contribution in [1.29, 1.82) is 0 Å². The normalized spacial score (nSPS) is 16.9. The molecule has 42 heavy (non-hydrogen) atoms. The van der Waals surface area contributed by atoms with Gasteiger partial charge in [-0.25, -0.2) is 13.6 Å². The molecule has 0 aromatic heterocycles. The number of urea groups is 1. The van der Waals surface area contributed by atoms with E-state index in [-0.39, 0.29) is 35.7 Å². The highest BCUT2D eigenvalue weighted by Gasteiger charge is 2.31. The van der Waals surface area contributed by atoms with Gasteiger partial charge in [-0.15, -0.1) is 0 Å². The van der Waals surface area contributed by atoms with Crippen LogP contribution in [-0.4, -0.2) is 49.8 Å². The van der Waals surface area contributed by atoms with Crippen molar-refractivity contribution in [3.63, 3.8) is 0 Å². The molecule has 1 aliphatic heterocycles. The van der Waals surface area contributed by atoms with Crippen LogP contribution in [0.1, 0.15) is 74.8 Å². The Labute approximate surface area is 248 Å². The average Bonchev–Trinajstić information content (AvgIpc) is 3.02. The predicted octanol–water partition coefficient (Wildman–Crippen LogP) is 7.90. The molecule has 1 N–H and O–H groups in total. The van der Waals surface area contributed by atoms with Gasteiger partial charge in [-0.3, -0.25) is 4.90 Å². The third-order valence-corrected chi connectivity index (χ3v) is 8.94. The third kappa shape index (κ3) is 7.88. The van der Waals surface area contributed by atoms with Crippen LogP contribution in [0.15, 0.2) is 72.8 Å². The Balaban J connectivity index is 1.20. The summed E-state index contributed by atoms with van der Waals surface area (Å²) in [5, 5.41) is 3.33. The number of piperidine rings is 1. The first-order chi connectivity index (χ1) is 20.5. The second kappa shape index (κ2) is 14.6. The summed E-state index contributed by atoms with van der Waals surface area (Å²) in [5.41, 5.74) is 2.99. The number of likely N-dealkylation sites (tertiary alicyclic amines) is 1. The van der Waals surface area contributed by atoms with E-state index in [9.17, 15) is 13.6 Å². The highest BCUT2D eigenvalue weighted by atomic mass is 19.1. The minimum Gasteiger partial charge on any atom is -0.497 e. The Hall–Kier alpha value is -3.45. The molecule has 0 spiro atoms. The van der Waals surface area contributed by atoms with Gasteiger partial charge in [-0.05, 0) is 105 Å². The van der Waals surface area contributed by atoms with E-state index in [1.54, 1.807) is 7.11 Å². The highest BCUT2D eigenvalue weighted by molar-refractivity contribution is 5.93. The summed E-state index contributed by atoms with van der Waals surface area (Å²) < 4.78 is 32.6. The van der Waals surface area contributed by atoms with Gasteiger partial charge >= 0.3 is 6.03 Å². The summed E-state index contributed by atoms with van der Waals surface area (Å²) in [6.07, 6.45) is 9.38. The number of rotatable bonds is 10. The fraction of sp³-hybridized carbons (Fsp3) is 0.457. The van der Waals surface area contributed by atoms with E-state index in [2.05, 4.69) is 10.2 Å². The first-order valence-corrected chi connectivity index (χ1v) is 15.5. The minimum atomic E-state index is -0.254. The lowest BCUT2D eigenvalue weighted by Gasteiger charge is -2.39. The smallest absolute Gasteiger partial charge is 0.322 e. The first-order valence-electron chi connectivity index (χ1n) is 15.5. The monoisotopic (exact) mass is 575 g/mol. The van der Waals surface area contributed by atoms with Gasteiger partial charge in [0.25, 0.3) is 0 Å². The highest BCUT2D eigenvalue weighted by Crippen LogP contribution is 2.31. The number of nitrogens with zero attached hydrogens (tertiary/aromatic N) is 2. The summed E-state index contributed by atoms with van der Waals surface area (Å²) in [7, 11) is 1.65. The molecular formula is C35H43F2N3O2. The van der Waals surface area contributed by atoms with Gasteiger partial charge in [0.15, 0.2) is 0 Å². The standard InChI is InChI=1S/C35H43F2N3O2/c1-42-33-19-17-31(18-20-33)40(35(41)38-30-6-3-2-4-7-30)32-21-24-39(25-22-32)23-5-8-34(26-9-13-28(36)14-10-26)27-11-15-29(37)16-12-27/h9-20,30,32,34H,2-8,21-25H2,1H3,(H,38,41). The zero-order chi connectivity index (χ0) is 29.3. The van der Waals surface area contributed by atoms with Crippen LogP contribution in [-0.2, 0) is 0 Å². The molecule has 1 saturated heterocycles. The van der Waals surface area contributed by atoms with Crippen molar-refractivity contribution in [1.82, 2.24) is 10.2 Å². The molecule has 2 fully saturated rings. The van der Waals surface area contributed by atoms with Crippen molar-refractivity contribution in [2.75, 3.05) is 31.6 Å². The predicted molar refractivity (Wildman–Crippen MR) is 164 cm³/mol. The molecule has 2 amide bonds. The molecule has 0 radical (unpaired) electrons. The van der Waals surface area contributed by atoms with Crippen LogP contribution in [0, 0.1) is 11.6 Å². The number of anilines is 1. The lowest BCUT2D eigenvalue weighted by Crippen LogP contribution is -2.53. The maximum absolute atomic E-state index is 13.6. The van der Waals surface area contributed by atoms with Gasteiger partial charge in [0.1, 0.15) is 17.4 Å². The number of ether oxygens (including phenoxy) is 1. The zero-order valence-corrected chi connectivity index (χ0v) is 24.6. The van der Waals surface area contributed by atoms with Crippen LogP contribution in [0.5, 0.6) is 5.75 Å². The number of halogens is 2. The summed E-state index contributed by atoms with van der Waals surface area (Å²) >= 11 is 0. The Kier molecular flexibility index (Phi) is 10.5. The Morgan fingerprint density at radius 3 is 1.98 bits per heavy atom. The first kappa shape index (κ1) is 30.0. The topological polar surface area (TPSA) is 44.8 Å². The van der Waals surface area contributed by atoms with E-state index in [1.165, 1.54) is 43.5 Å². The number of benzene rings is 3. The van der Waals surface area contributed by atoms with Gasteiger partial charge in [0.05, 0.1) is 7.11 Å². The van der Waals surface area contributed by atoms with Crippen molar-refractivity contribution in [2.24, 2.45) is 0 Å². The number of amides is 2. The zero-order valence-electron chi connectivity index (χ0n) is 24.6. The molecule has 0 unspecified atom stereocenters. The van der Waals surface area contributed by atoms with E-state index < -0.39 is 0 Å². The van der Waals surface area contributed by atoms with Crippen LogP contribution in [0.4, 0.5) is 19.3 Å². The summed E-state index contributed by atoms with van der Waals surface area (Å²) in [6.45, 7) is 2.79. The summed E-state index contributed by atoms with van der Waals surface area (Å²) in [5.74, 6) is 0.352. The fourth-order valence-electron chi connectivity index (χ4n) is 6.56. The van der Waals surface area contributed by atoms with Gasteiger partial charge in [0, 0.05) is 36.8 Å². The Morgan fingerprint density at radius 2 is 1.43 bits per heavy atom. The van der Waals surface area contributed by atoms with Crippen LogP contribution in [0.25, 0.3) is 0 Å². The van der Waals surface area contributed by atoms with Crippen molar-refractivity contribution < 1.29 is 18.3 Å². The molecule has 7 heteroatoms. The Bertz CT molecular complexity index is 1210. The molecule has 5 nitrogen and oxygen atoms in total. The van der Waals surface area contributed by atoms with Crippen LogP contribution in [0.2, 0.25) is 0 Å². The van der Waals surface area contributed by atoms with Crippen molar-refractivity contribution in [3.8, 4) is 5.75 Å². The lowest BCUT2D eigenvalue weighted by atomic mass is 9.87. The number of methoxy groups -OCH3 is 1. The maximum Gasteiger partial charge on any atom is 0.322 e. The maximum atomic E-state index is 13.6. The van der Waals surface area contributed by atoms with Crippen molar-refractivity contribution >= 4 is 11.7 Å². The second-order valence-corrected chi connectivity index (χ2v) is 11.7. The lowest BCUT2D eigenvalue weighted by molar-refractivity contribution is 0.198. The summed E-state index contributed by atoms with van der Waals surface area (Å²) in [4.78, 5) is 18.1. The molecule has 3 aromatic carbocycles. The molecule has 224 valence electrons. The fourth-order valence-corrected chi connectivity index (χ4v) is 6.56. The Morgan fingerprint density at radius 1 is 0.857 bits per heavy atom. The number of hydrogen-bond acceptors (Lipinski definition) is 3. The van der Waals surface area contributed by atoms with E-state index in [1.807, 2.05) is 53.4 Å². The van der Waals surface area contributed by atoms with E-state index in [0.29, 0.717) is 0 Å². The number of hydrogen-bond donors (Lipinski definition) is 1. The summed E-state index contributed by atoms with van der Waals surface area (Å²) in [6, 6.07) is 21.5. The van der Waals surface area contributed by atoms with Crippen molar-refractivity contribution in [2.45, 2.75) is 75.8 Å². The SMILES string of the molecule is COc1ccc(N(C(=O)NC2CCCCC2)C2CCN(CCCC(c3ccc(F)cc3)c3ccc(F)cc3)CC2)cc1. The molecule has 5 rings (SSSR count). The second-order valence-electron chi connectivity index (χ2n) is 11.7. The molecule has 3 aromatic rings. The van der Waals surface area contributed by atoms with Crippen LogP contribution >= 0.6 is 0 Å². The van der Waals surface area contributed by atoms with Gasteiger partial charge in [-0.1, -0.05) is 43.5 Å². The molecule has 1 heterocycles. The van der Waals surface area contributed by atoms with Gasteiger partial charge in [-0.2, -0.15) is 0 Å². The molecule has 0 atom stereocenters. The number of carbonyl (C=O) groups excluding carboxylic acids is 1. The van der Waals surface area contributed by atoms with Gasteiger partial charge < -0.3 is 15.0 Å². The van der Waals surface area contributed by atoms with Crippen LogP contribution < -0.4 is 15.0 Å². The minimum absolute atomic E-state index is 0.00644. The number of carbonyl (C=O) groups is 1. The van der Waals surface area contributed by atoms with Gasteiger partial charge in [0.2, 0.25) is 0 Å². The molecule has 1 aliphatic carbocycles. The molecule has 1 saturated carbocycles. The van der Waals surface area contributed by atoms with Crippen LogP contribution in [0.3, 0.4) is 0 Å².